The second-order valence-electron chi connectivity index (χ2n) is 6.03. The van der Waals surface area contributed by atoms with Crippen molar-refractivity contribution in [1.29, 1.82) is 0 Å². The summed E-state index contributed by atoms with van der Waals surface area (Å²) in [6.45, 7) is 0.225. The molecule has 9 heteroatoms. The van der Waals surface area contributed by atoms with E-state index in [-0.39, 0.29) is 23.6 Å². The maximum absolute atomic E-state index is 12.0. The summed E-state index contributed by atoms with van der Waals surface area (Å²) >= 11 is 0. The molecule has 0 aliphatic rings. The van der Waals surface area contributed by atoms with E-state index in [1.165, 1.54) is 37.9 Å². The van der Waals surface area contributed by atoms with Crippen LogP contribution in [0.15, 0.2) is 72.1 Å². The fourth-order valence-electron chi connectivity index (χ4n) is 2.56. The van der Waals surface area contributed by atoms with Crippen LogP contribution in [0.1, 0.15) is 21.5 Å². The third-order valence-corrected chi connectivity index (χ3v) is 4.04. The first-order valence-corrected chi connectivity index (χ1v) is 8.85. The van der Waals surface area contributed by atoms with Crippen molar-refractivity contribution in [3.05, 3.63) is 93.8 Å². The van der Waals surface area contributed by atoms with E-state index in [0.29, 0.717) is 11.3 Å². The minimum atomic E-state index is -0.556. The zero-order chi connectivity index (χ0) is 21.3. The molecule has 9 nitrogen and oxygen atoms in total. The first kappa shape index (κ1) is 20.5. The van der Waals surface area contributed by atoms with Gasteiger partial charge in [-0.2, -0.15) is 5.10 Å². The van der Waals surface area contributed by atoms with Gasteiger partial charge in [-0.3, -0.25) is 19.9 Å². The quantitative estimate of drug-likeness (QED) is 0.348. The van der Waals surface area contributed by atoms with E-state index in [1.54, 1.807) is 12.1 Å². The Balaban J connectivity index is 1.80. The lowest BCUT2D eigenvalue weighted by atomic mass is 10.1. The molecule has 0 atom stereocenters. The van der Waals surface area contributed by atoms with Crippen LogP contribution < -0.4 is 14.9 Å². The number of aromatic nitrogens is 1. The molecule has 2 aromatic carbocycles. The number of rotatable bonds is 8. The summed E-state index contributed by atoms with van der Waals surface area (Å²) in [7, 11) is 1.43. The van der Waals surface area contributed by atoms with Crippen molar-refractivity contribution in [2.75, 3.05) is 7.11 Å². The molecule has 30 heavy (non-hydrogen) atoms. The third-order valence-electron chi connectivity index (χ3n) is 4.04. The summed E-state index contributed by atoms with van der Waals surface area (Å²) in [6.07, 6.45) is 4.10. The Bertz CT molecular complexity index is 1060. The van der Waals surface area contributed by atoms with Crippen molar-refractivity contribution in [2.24, 2.45) is 5.10 Å². The summed E-state index contributed by atoms with van der Waals surface area (Å²) in [5.74, 6) is 0.0398. The van der Waals surface area contributed by atoms with Crippen LogP contribution in [0.25, 0.3) is 0 Å². The molecule has 1 N–H and O–H groups in total. The maximum Gasteiger partial charge on any atom is 0.282 e. The second-order valence-corrected chi connectivity index (χ2v) is 6.03. The molecule has 3 aromatic rings. The highest BCUT2D eigenvalue weighted by Gasteiger charge is 2.19. The number of methoxy groups -OCH3 is 1. The molecular formula is C21H18N4O5. The lowest BCUT2D eigenvalue weighted by Crippen LogP contribution is -2.17. The van der Waals surface area contributed by atoms with Crippen LogP contribution >= 0.6 is 0 Å². The van der Waals surface area contributed by atoms with Gasteiger partial charge in [0, 0.05) is 12.4 Å². The summed E-state index contributed by atoms with van der Waals surface area (Å²) < 4.78 is 11.0. The topological polar surface area (TPSA) is 116 Å². The number of ether oxygens (including phenoxy) is 2. The third kappa shape index (κ3) is 5.16. The van der Waals surface area contributed by atoms with Gasteiger partial charge in [0.25, 0.3) is 11.6 Å². The van der Waals surface area contributed by atoms with Gasteiger partial charge in [-0.15, -0.1) is 0 Å². The molecule has 0 fully saturated rings. The van der Waals surface area contributed by atoms with Crippen LogP contribution in [0.3, 0.4) is 0 Å². The predicted molar refractivity (Wildman–Crippen MR) is 110 cm³/mol. The van der Waals surface area contributed by atoms with Gasteiger partial charge < -0.3 is 9.47 Å². The smallest absolute Gasteiger partial charge is 0.282 e. The number of nitro benzene ring substituents is 1. The van der Waals surface area contributed by atoms with Gasteiger partial charge in [-0.05, 0) is 23.8 Å². The minimum absolute atomic E-state index is 0.149. The summed E-state index contributed by atoms with van der Waals surface area (Å²) in [4.78, 5) is 26.8. The molecule has 3 rings (SSSR count). The summed E-state index contributed by atoms with van der Waals surface area (Å²) in [6, 6.07) is 15.3. The first-order valence-electron chi connectivity index (χ1n) is 8.85. The molecule has 152 valence electrons. The number of hydrogen-bond acceptors (Lipinski definition) is 7. The average Bonchev–Trinajstić information content (AvgIpc) is 2.78. The average molecular weight is 406 g/mol. The van der Waals surface area contributed by atoms with E-state index in [9.17, 15) is 14.9 Å². The Morgan fingerprint density at radius 1 is 1.20 bits per heavy atom. The molecule has 1 heterocycles. The molecule has 0 saturated carbocycles. The van der Waals surface area contributed by atoms with Gasteiger partial charge in [0.2, 0.25) is 0 Å². The zero-order valence-electron chi connectivity index (χ0n) is 16.0. The Hall–Kier alpha value is -4.27. The summed E-state index contributed by atoms with van der Waals surface area (Å²) in [5, 5.41) is 15.3. The number of nitro groups is 1. The number of carbonyl (C=O) groups excluding carboxylic acids is 1. The van der Waals surface area contributed by atoms with E-state index in [4.69, 9.17) is 9.47 Å². The number of amides is 1. The number of hydrogen-bond donors (Lipinski definition) is 1. The normalized spacial score (nSPS) is 10.6. The Morgan fingerprint density at radius 3 is 2.67 bits per heavy atom. The van der Waals surface area contributed by atoms with Gasteiger partial charge in [-0.25, -0.2) is 5.43 Å². The van der Waals surface area contributed by atoms with E-state index in [1.807, 2.05) is 30.3 Å². The Labute approximate surface area is 172 Å². The molecule has 0 saturated heterocycles. The van der Waals surface area contributed by atoms with Crippen molar-refractivity contribution in [1.82, 2.24) is 10.4 Å². The van der Waals surface area contributed by atoms with Crippen LogP contribution in [-0.4, -0.2) is 29.1 Å². The highest BCUT2D eigenvalue weighted by atomic mass is 16.6. The van der Waals surface area contributed by atoms with E-state index < -0.39 is 10.8 Å². The molecule has 0 bridgehead atoms. The maximum atomic E-state index is 12.0. The fraction of sp³-hybridized carbons (Fsp3) is 0.0952. The van der Waals surface area contributed by atoms with Gasteiger partial charge in [-0.1, -0.05) is 30.3 Å². The van der Waals surface area contributed by atoms with Crippen LogP contribution in [0, 0.1) is 10.1 Å². The van der Waals surface area contributed by atoms with Crippen molar-refractivity contribution in [2.45, 2.75) is 6.61 Å². The van der Waals surface area contributed by atoms with E-state index >= 15 is 0 Å². The molecular weight excluding hydrogens is 388 g/mol. The first-order chi connectivity index (χ1) is 14.6. The molecule has 1 aromatic heterocycles. The van der Waals surface area contributed by atoms with Crippen LogP contribution in [-0.2, 0) is 6.61 Å². The van der Waals surface area contributed by atoms with Crippen LogP contribution in [0.4, 0.5) is 5.69 Å². The fourth-order valence-corrected chi connectivity index (χ4v) is 2.56. The standard InChI is InChI=1S/C21H18N4O5/c1-29-19-10-17(13-23-24-21(26)16-8-5-9-22-12-16)18(25(27)28)11-20(19)30-14-15-6-3-2-4-7-15/h2-13H,14H2,1H3,(H,24,26)/b23-13-. The van der Waals surface area contributed by atoms with Crippen LogP contribution in [0.5, 0.6) is 11.5 Å². The number of pyridine rings is 1. The van der Waals surface area contributed by atoms with Crippen molar-refractivity contribution < 1.29 is 19.2 Å². The lowest BCUT2D eigenvalue weighted by molar-refractivity contribution is -0.385. The Kier molecular flexibility index (Phi) is 6.67. The van der Waals surface area contributed by atoms with Gasteiger partial charge in [0.05, 0.1) is 35.4 Å². The number of nitrogens with zero attached hydrogens (tertiary/aromatic N) is 3. The molecule has 0 spiro atoms. The minimum Gasteiger partial charge on any atom is -0.493 e. The second kappa shape index (κ2) is 9.78. The van der Waals surface area contributed by atoms with Gasteiger partial charge in [0.15, 0.2) is 11.5 Å². The lowest BCUT2D eigenvalue weighted by Gasteiger charge is -2.12. The van der Waals surface area contributed by atoms with Crippen molar-refractivity contribution >= 4 is 17.8 Å². The monoisotopic (exact) mass is 406 g/mol. The molecule has 0 aliphatic carbocycles. The number of carbonyl (C=O) groups is 1. The largest absolute Gasteiger partial charge is 0.493 e. The van der Waals surface area contributed by atoms with Crippen LogP contribution in [0.2, 0.25) is 0 Å². The number of nitrogens with one attached hydrogen (secondary N) is 1. The van der Waals surface area contributed by atoms with Gasteiger partial charge >= 0.3 is 0 Å². The van der Waals surface area contributed by atoms with Crippen molar-refractivity contribution in [3.8, 4) is 11.5 Å². The van der Waals surface area contributed by atoms with E-state index in [0.717, 1.165) is 5.56 Å². The SMILES string of the molecule is COc1cc(/C=N\NC(=O)c2cccnc2)c([N+](=O)[O-])cc1OCc1ccccc1. The predicted octanol–water partition coefficient (Wildman–Crippen LogP) is 3.34. The number of hydrazone groups is 1. The molecule has 0 aliphatic heterocycles. The number of benzene rings is 2. The molecule has 1 amide bonds. The highest BCUT2D eigenvalue weighted by molar-refractivity contribution is 5.95. The Morgan fingerprint density at radius 2 is 2.00 bits per heavy atom. The highest BCUT2D eigenvalue weighted by Crippen LogP contribution is 2.34. The molecule has 0 radical (unpaired) electrons. The molecule has 0 unspecified atom stereocenters. The summed E-state index contributed by atoms with van der Waals surface area (Å²) in [5.41, 5.74) is 3.44. The van der Waals surface area contributed by atoms with Gasteiger partial charge in [0.1, 0.15) is 6.61 Å². The van der Waals surface area contributed by atoms with E-state index in [2.05, 4.69) is 15.5 Å². The van der Waals surface area contributed by atoms with Crippen molar-refractivity contribution in [3.63, 3.8) is 0 Å². The zero-order valence-corrected chi connectivity index (χ0v) is 16.0.